The van der Waals surface area contributed by atoms with Crippen LogP contribution in [-0.4, -0.2) is 32.3 Å². The molecule has 1 aliphatic rings. The first kappa shape index (κ1) is 18.5. The van der Waals surface area contributed by atoms with Crippen LogP contribution in [0.4, 0.5) is 0 Å². The Bertz CT molecular complexity index is 759. The standard InChI is InChI=1S/C20H22ClNO4/c1-24-19-8-7-14(20(23)22-12-18-6-3-9-25-18)10-15(19)13-26-17-5-2-4-16(21)11-17/h2,4-5,7-8,10-11,18H,3,6,9,12-13H2,1H3,(H,22,23). The lowest BCUT2D eigenvalue weighted by molar-refractivity contribution is 0.0857. The summed E-state index contributed by atoms with van der Waals surface area (Å²) in [6.07, 6.45) is 2.15. The van der Waals surface area contributed by atoms with E-state index in [0.29, 0.717) is 28.6 Å². The first-order chi connectivity index (χ1) is 12.7. The third kappa shape index (κ3) is 4.90. The zero-order chi connectivity index (χ0) is 18.4. The summed E-state index contributed by atoms with van der Waals surface area (Å²) in [6.45, 7) is 1.57. The molecule has 0 spiro atoms. The number of carbonyl (C=O) groups excluding carboxylic acids is 1. The minimum Gasteiger partial charge on any atom is -0.496 e. The van der Waals surface area contributed by atoms with Crippen LogP contribution in [0.5, 0.6) is 11.5 Å². The van der Waals surface area contributed by atoms with Gasteiger partial charge in [0.25, 0.3) is 5.91 Å². The van der Waals surface area contributed by atoms with Gasteiger partial charge in [-0.1, -0.05) is 17.7 Å². The van der Waals surface area contributed by atoms with Crippen LogP contribution < -0.4 is 14.8 Å². The van der Waals surface area contributed by atoms with Gasteiger partial charge in [0.1, 0.15) is 18.1 Å². The van der Waals surface area contributed by atoms with Crippen molar-refractivity contribution in [2.45, 2.75) is 25.6 Å². The van der Waals surface area contributed by atoms with Crippen molar-refractivity contribution >= 4 is 17.5 Å². The predicted molar refractivity (Wildman–Crippen MR) is 100 cm³/mol. The van der Waals surface area contributed by atoms with E-state index in [0.717, 1.165) is 25.0 Å². The van der Waals surface area contributed by atoms with Gasteiger partial charge < -0.3 is 19.5 Å². The topological polar surface area (TPSA) is 56.8 Å². The summed E-state index contributed by atoms with van der Waals surface area (Å²) in [4.78, 5) is 12.4. The van der Waals surface area contributed by atoms with Crippen LogP contribution in [0.25, 0.3) is 0 Å². The Labute approximate surface area is 158 Å². The van der Waals surface area contributed by atoms with Crippen LogP contribution in [0.3, 0.4) is 0 Å². The molecule has 1 unspecified atom stereocenters. The quantitative estimate of drug-likeness (QED) is 0.798. The third-order valence-corrected chi connectivity index (χ3v) is 4.48. The number of halogens is 1. The largest absolute Gasteiger partial charge is 0.496 e. The van der Waals surface area contributed by atoms with E-state index >= 15 is 0 Å². The predicted octanol–water partition coefficient (Wildman–Crippen LogP) is 3.84. The van der Waals surface area contributed by atoms with Crippen molar-refractivity contribution in [3.05, 3.63) is 58.6 Å². The molecule has 0 aromatic heterocycles. The Hall–Kier alpha value is -2.24. The molecule has 1 heterocycles. The average Bonchev–Trinajstić information content (AvgIpc) is 3.18. The lowest BCUT2D eigenvalue weighted by Crippen LogP contribution is -2.31. The highest BCUT2D eigenvalue weighted by Crippen LogP contribution is 2.24. The number of rotatable bonds is 7. The summed E-state index contributed by atoms with van der Waals surface area (Å²) >= 11 is 5.97. The second kappa shape index (κ2) is 8.92. The molecule has 0 radical (unpaired) electrons. The van der Waals surface area contributed by atoms with Gasteiger partial charge in [0.05, 0.1) is 13.2 Å². The van der Waals surface area contributed by atoms with Crippen LogP contribution in [-0.2, 0) is 11.3 Å². The van der Waals surface area contributed by atoms with Crippen molar-refractivity contribution < 1.29 is 19.0 Å². The van der Waals surface area contributed by atoms with E-state index in [2.05, 4.69) is 5.32 Å². The second-order valence-corrected chi connectivity index (χ2v) is 6.55. The fraction of sp³-hybridized carbons (Fsp3) is 0.350. The van der Waals surface area contributed by atoms with E-state index < -0.39 is 0 Å². The van der Waals surface area contributed by atoms with E-state index in [1.807, 2.05) is 12.1 Å². The van der Waals surface area contributed by atoms with Gasteiger partial charge in [0.2, 0.25) is 0 Å². The number of hydrogen-bond acceptors (Lipinski definition) is 4. The summed E-state index contributed by atoms with van der Waals surface area (Å²) in [7, 11) is 1.59. The Balaban J connectivity index is 1.66. The number of benzene rings is 2. The molecule has 2 aromatic rings. The number of nitrogens with one attached hydrogen (secondary N) is 1. The zero-order valence-electron chi connectivity index (χ0n) is 14.7. The van der Waals surface area contributed by atoms with Crippen LogP contribution in [0, 0.1) is 0 Å². The summed E-state index contributed by atoms with van der Waals surface area (Å²) in [6, 6.07) is 12.5. The number of amides is 1. The van der Waals surface area contributed by atoms with E-state index in [-0.39, 0.29) is 18.6 Å². The fourth-order valence-corrected chi connectivity index (χ4v) is 3.04. The SMILES string of the molecule is COc1ccc(C(=O)NCC2CCCO2)cc1COc1cccc(Cl)c1. The normalized spacial score (nSPS) is 16.3. The molecule has 6 heteroatoms. The van der Waals surface area contributed by atoms with Crippen LogP contribution in [0.15, 0.2) is 42.5 Å². The van der Waals surface area contributed by atoms with Gasteiger partial charge >= 0.3 is 0 Å². The van der Waals surface area contributed by atoms with Gasteiger partial charge in [-0.05, 0) is 49.2 Å². The molecule has 0 aliphatic carbocycles. The van der Waals surface area contributed by atoms with Crippen LogP contribution in [0.1, 0.15) is 28.8 Å². The summed E-state index contributed by atoms with van der Waals surface area (Å²) in [5.74, 6) is 1.20. The van der Waals surface area contributed by atoms with Gasteiger partial charge in [-0.2, -0.15) is 0 Å². The summed E-state index contributed by atoms with van der Waals surface area (Å²) in [5, 5.41) is 3.53. The van der Waals surface area contributed by atoms with Crippen molar-refractivity contribution in [1.29, 1.82) is 0 Å². The lowest BCUT2D eigenvalue weighted by atomic mass is 10.1. The van der Waals surface area contributed by atoms with Gasteiger partial charge in [0, 0.05) is 29.3 Å². The molecule has 5 nitrogen and oxygen atoms in total. The van der Waals surface area contributed by atoms with Gasteiger partial charge in [0.15, 0.2) is 0 Å². The molecule has 0 saturated carbocycles. The van der Waals surface area contributed by atoms with E-state index in [1.165, 1.54) is 0 Å². The third-order valence-electron chi connectivity index (χ3n) is 4.25. The highest BCUT2D eigenvalue weighted by Gasteiger charge is 2.17. The molecule has 1 saturated heterocycles. The number of ether oxygens (including phenoxy) is 3. The molecule has 26 heavy (non-hydrogen) atoms. The molecule has 0 bridgehead atoms. The monoisotopic (exact) mass is 375 g/mol. The van der Waals surface area contributed by atoms with Gasteiger partial charge in [-0.25, -0.2) is 0 Å². The smallest absolute Gasteiger partial charge is 0.251 e. The Morgan fingerprint density at radius 3 is 2.92 bits per heavy atom. The minimum atomic E-state index is -0.132. The van der Waals surface area contributed by atoms with Crippen molar-refractivity contribution in [3.63, 3.8) is 0 Å². The fourth-order valence-electron chi connectivity index (χ4n) is 2.86. The number of methoxy groups -OCH3 is 1. The van der Waals surface area contributed by atoms with Crippen LogP contribution >= 0.6 is 11.6 Å². The Morgan fingerprint density at radius 1 is 1.31 bits per heavy atom. The van der Waals surface area contributed by atoms with Crippen molar-refractivity contribution in [2.24, 2.45) is 0 Å². The zero-order valence-corrected chi connectivity index (χ0v) is 15.4. The molecule has 1 aliphatic heterocycles. The summed E-state index contributed by atoms with van der Waals surface area (Å²) < 4.78 is 16.7. The molecule has 3 rings (SSSR count). The van der Waals surface area contributed by atoms with Gasteiger partial charge in [-0.15, -0.1) is 0 Å². The van der Waals surface area contributed by atoms with Gasteiger partial charge in [-0.3, -0.25) is 4.79 Å². The van der Waals surface area contributed by atoms with E-state index in [4.69, 9.17) is 25.8 Å². The average molecular weight is 376 g/mol. The second-order valence-electron chi connectivity index (χ2n) is 6.12. The molecule has 1 fully saturated rings. The molecule has 138 valence electrons. The van der Waals surface area contributed by atoms with Crippen molar-refractivity contribution in [1.82, 2.24) is 5.32 Å². The maximum atomic E-state index is 12.4. The highest BCUT2D eigenvalue weighted by atomic mass is 35.5. The Kier molecular flexibility index (Phi) is 6.36. The number of carbonyl (C=O) groups is 1. The Morgan fingerprint density at radius 2 is 2.19 bits per heavy atom. The molecule has 1 atom stereocenters. The molecule has 1 amide bonds. The van der Waals surface area contributed by atoms with Crippen molar-refractivity contribution in [2.75, 3.05) is 20.3 Å². The molecular formula is C20H22ClNO4. The van der Waals surface area contributed by atoms with E-state index in [1.54, 1.807) is 37.4 Å². The van der Waals surface area contributed by atoms with Crippen LogP contribution in [0.2, 0.25) is 5.02 Å². The maximum absolute atomic E-state index is 12.4. The van der Waals surface area contributed by atoms with Crippen molar-refractivity contribution in [3.8, 4) is 11.5 Å². The molecule has 2 aromatic carbocycles. The first-order valence-corrected chi connectivity index (χ1v) is 8.98. The minimum absolute atomic E-state index is 0.114. The number of hydrogen-bond donors (Lipinski definition) is 1. The highest BCUT2D eigenvalue weighted by molar-refractivity contribution is 6.30. The first-order valence-electron chi connectivity index (χ1n) is 8.61. The molecular weight excluding hydrogens is 354 g/mol. The maximum Gasteiger partial charge on any atom is 0.251 e. The molecule has 1 N–H and O–H groups in total. The lowest BCUT2D eigenvalue weighted by Gasteiger charge is -2.14. The summed E-state index contributed by atoms with van der Waals surface area (Å²) in [5.41, 5.74) is 1.35. The van der Waals surface area contributed by atoms with E-state index in [9.17, 15) is 4.79 Å².